The van der Waals surface area contributed by atoms with Gasteiger partial charge in [-0.05, 0) is 90.6 Å². The van der Waals surface area contributed by atoms with E-state index in [0.717, 1.165) is 57.3 Å². The number of allylic oxidation sites excluding steroid dienone is 6. The van der Waals surface area contributed by atoms with Crippen molar-refractivity contribution < 1.29 is 13.2 Å². The lowest BCUT2D eigenvalue weighted by molar-refractivity contribution is -0.0328. The first-order valence-corrected chi connectivity index (χ1v) is 12.1. The van der Waals surface area contributed by atoms with Gasteiger partial charge in [-0.25, -0.2) is 0 Å². The van der Waals surface area contributed by atoms with Crippen molar-refractivity contribution in [2.75, 3.05) is 0 Å². The lowest BCUT2D eigenvalue weighted by atomic mass is 9.85. The van der Waals surface area contributed by atoms with Crippen LogP contribution in [0.4, 0.5) is 13.2 Å². The number of hydrogen-bond acceptors (Lipinski definition) is 1. The Kier molecular flexibility index (Phi) is 6.68. The molecule has 34 heavy (non-hydrogen) atoms. The molecule has 0 bridgehead atoms. The summed E-state index contributed by atoms with van der Waals surface area (Å²) in [4.78, 5) is 0.205. The molecule has 1 heterocycles. The third kappa shape index (κ3) is 4.67. The van der Waals surface area contributed by atoms with Gasteiger partial charge in [-0.2, -0.15) is 13.2 Å². The molecule has 1 nitrogen and oxygen atoms in total. The number of rotatable bonds is 6. The predicted molar refractivity (Wildman–Crippen MR) is 139 cm³/mol. The number of aromatic nitrogens is 1. The topological polar surface area (TPSA) is 4.93 Å². The van der Waals surface area contributed by atoms with Crippen LogP contribution in [0.1, 0.15) is 48.2 Å². The molecule has 0 saturated carbocycles. The Bertz CT molecular complexity index is 1350. The molecule has 0 radical (unpaired) electrons. The Morgan fingerprint density at radius 2 is 1.88 bits per heavy atom. The molecular weight excluding hydrogens is 451 g/mol. The van der Waals surface area contributed by atoms with Gasteiger partial charge in [0.05, 0.1) is 5.69 Å². The van der Waals surface area contributed by atoms with E-state index in [1.54, 1.807) is 18.2 Å². The van der Waals surface area contributed by atoms with E-state index in [0.29, 0.717) is 6.54 Å². The quantitative estimate of drug-likeness (QED) is 0.252. The lowest BCUT2D eigenvalue weighted by Crippen LogP contribution is -2.09. The van der Waals surface area contributed by atoms with Crippen LogP contribution in [0.25, 0.3) is 22.0 Å². The molecule has 1 aliphatic carbocycles. The highest BCUT2D eigenvalue weighted by molar-refractivity contribution is 8.00. The summed E-state index contributed by atoms with van der Waals surface area (Å²) < 4.78 is 41.3. The van der Waals surface area contributed by atoms with Crippen molar-refractivity contribution in [1.29, 1.82) is 0 Å². The van der Waals surface area contributed by atoms with Crippen LogP contribution in [-0.2, 0) is 13.0 Å². The molecule has 4 rings (SSSR count). The molecule has 0 atom stereocenters. The average Bonchev–Trinajstić information content (AvgIpc) is 3.08. The van der Waals surface area contributed by atoms with Gasteiger partial charge in [-0.3, -0.25) is 0 Å². The van der Waals surface area contributed by atoms with Crippen LogP contribution in [0.2, 0.25) is 0 Å². The molecule has 1 aromatic heterocycles. The molecule has 3 aromatic rings. The maximum atomic E-state index is 13.0. The van der Waals surface area contributed by atoms with E-state index < -0.39 is 5.51 Å². The van der Waals surface area contributed by atoms with Gasteiger partial charge in [0.2, 0.25) is 0 Å². The van der Waals surface area contributed by atoms with Crippen LogP contribution in [0.5, 0.6) is 0 Å². The highest BCUT2D eigenvalue weighted by Gasteiger charge is 2.30. The Hall–Kier alpha value is -2.92. The number of nitrogens with zero attached hydrogens (tertiary/aromatic N) is 1. The number of halogens is 3. The van der Waals surface area contributed by atoms with Crippen LogP contribution in [0.3, 0.4) is 0 Å². The summed E-state index contributed by atoms with van der Waals surface area (Å²) in [6, 6.07) is 11.5. The number of aryl methyl sites for hydroxylation is 2. The van der Waals surface area contributed by atoms with E-state index in [1.165, 1.54) is 17.2 Å². The zero-order valence-electron chi connectivity index (χ0n) is 19.7. The molecule has 1 aliphatic rings. The van der Waals surface area contributed by atoms with Crippen LogP contribution in [0.15, 0.2) is 78.3 Å². The Morgan fingerprint density at radius 3 is 2.56 bits per heavy atom. The maximum Gasteiger partial charge on any atom is 0.446 e. The molecule has 2 aromatic carbocycles. The summed E-state index contributed by atoms with van der Waals surface area (Å²) in [5.41, 5.74) is 5.48. The fourth-order valence-corrected chi connectivity index (χ4v) is 5.32. The van der Waals surface area contributed by atoms with E-state index >= 15 is 0 Å². The minimum Gasteiger partial charge on any atom is -0.336 e. The largest absolute Gasteiger partial charge is 0.446 e. The van der Waals surface area contributed by atoms with Crippen LogP contribution in [0, 0.1) is 6.92 Å². The number of alkyl halides is 3. The van der Waals surface area contributed by atoms with Crippen molar-refractivity contribution in [3.8, 4) is 0 Å². The molecule has 0 spiro atoms. The van der Waals surface area contributed by atoms with Crippen molar-refractivity contribution in [3.05, 3.63) is 101 Å². The lowest BCUT2D eigenvalue weighted by Gasteiger charge is -2.22. The molecule has 0 fully saturated rings. The molecule has 0 saturated heterocycles. The standard InChI is InChI=1S/C29H28F3NS/c1-6-8-9-24-19(4)14-20(5)28-27(24)25-15-21(7-2)11-13-26(25)33(28)17-22-16-23(12-10-18(22)3)34-29(30,31)32/h6,8-13,15-16H,1,5,7,14,17H2,2-4H3/b9-8-. The highest BCUT2D eigenvalue weighted by atomic mass is 32.2. The van der Waals surface area contributed by atoms with E-state index in [2.05, 4.69) is 55.8 Å². The fourth-order valence-electron chi connectivity index (χ4n) is 4.71. The van der Waals surface area contributed by atoms with E-state index in [4.69, 9.17) is 0 Å². The Balaban J connectivity index is 1.95. The molecule has 0 aliphatic heterocycles. The Morgan fingerprint density at radius 1 is 1.12 bits per heavy atom. The third-order valence-corrected chi connectivity index (χ3v) is 7.08. The van der Waals surface area contributed by atoms with Gasteiger partial charge in [0.1, 0.15) is 0 Å². The van der Waals surface area contributed by atoms with Gasteiger partial charge >= 0.3 is 5.51 Å². The smallest absolute Gasteiger partial charge is 0.336 e. The predicted octanol–water partition coefficient (Wildman–Crippen LogP) is 9.10. The SMILES string of the molecule is C=C/C=C\C1=C(C)CC(=C)c2c1c1cc(CC)ccc1n2Cc1cc(SC(F)(F)F)ccc1C. The van der Waals surface area contributed by atoms with Crippen LogP contribution < -0.4 is 0 Å². The van der Waals surface area contributed by atoms with Gasteiger partial charge in [0.15, 0.2) is 0 Å². The summed E-state index contributed by atoms with van der Waals surface area (Å²) in [6.07, 6.45) is 7.50. The number of thioether (sulfide) groups is 1. The zero-order valence-corrected chi connectivity index (χ0v) is 20.5. The van der Waals surface area contributed by atoms with Crippen molar-refractivity contribution in [1.82, 2.24) is 4.57 Å². The van der Waals surface area contributed by atoms with Crippen LogP contribution >= 0.6 is 11.8 Å². The molecular formula is C29H28F3NS. The van der Waals surface area contributed by atoms with E-state index in [1.807, 2.05) is 13.0 Å². The maximum absolute atomic E-state index is 13.0. The first kappa shape index (κ1) is 24.2. The first-order chi connectivity index (χ1) is 16.1. The number of fused-ring (bicyclic) bond motifs is 3. The van der Waals surface area contributed by atoms with Crippen molar-refractivity contribution in [2.45, 2.75) is 50.6 Å². The second kappa shape index (κ2) is 9.38. The zero-order chi connectivity index (χ0) is 24.6. The van der Waals surface area contributed by atoms with E-state index in [-0.39, 0.29) is 16.7 Å². The van der Waals surface area contributed by atoms with Gasteiger partial charge in [-0.1, -0.05) is 56.0 Å². The second-order valence-corrected chi connectivity index (χ2v) is 9.86. The summed E-state index contributed by atoms with van der Waals surface area (Å²) in [7, 11) is 0. The molecule has 0 N–H and O–H groups in total. The Labute approximate surface area is 203 Å². The van der Waals surface area contributed by atoms with Crippen molar-refractivity contribution in [3.63, 3.8) is 0 Å². The number of hydrogen-bond donors (Lipinski definition) is 0. The van der Waals surface area contributed by atoms with Crippen LogP contribution in [-0.4, -0.2) is 10.1 Å². The summed E-state index contributed by atoms with van der Waals surface area (Å²) in [5, 5.41) is 1.15. The molecule has 0 unspecified atom stereocenters. The molecule has 0 amide bonds. The first-order valence-electron chi connectivity index (χ1n) is 11.3. The minimum absolute atomic E-state index is 0.0689. The van der Waals surface area contributed by atoms with Gasteiger partial charge in [0.25, 0.3) is 0 Å². The van der Waals surface area contributed by atoms with Crippen molar-refractivity contribution in [2.24, 2.45) is 0 Å². The number of benzene rings is 2. The minimum atomic E-state index is -4.31. The van der Waals surface area contributed by atoms with E-state index in [9.17, 15) is 13.2 Å². The molecule has 5 heteroatoms. The van der Waals surface area contributed by atoms with Crippen molar-refractivity contribution >= 4 is 33.8 Å². The second-order valence-electron chi connectivity index (χ2n) is 8.72. The summed E-state index contributed by atoms with van der Waals surface area (Å²) >= 11 is -0.0689. The van der Waals surface area contributed by atoms with Gasteiger partial charge < -0.3 is 4.57 Å². The normalized spacial score (nSPS) is 14.4. The summed E-state index contributed by atoms with van der Waals surface area (Å²) in [6.45, 7) is 14.9. The highest BCUT2D eigenvalue weighted by Crippen LogP contribution is 2.45. The van der Waals surface area contributed by atoms with Gasteiger partial charge in [0, 0.05) is 27.9 Å². The third-order valence-electron chi connectivity index (χ3n) is 6.36. The average molecular weight is 480 g/mol. The van der Waals surface area contributed by atoms with Gasteiger partial charge in [-0.15, -0.1) is 0 Å². The monoisotopic (exact) mass is 479 g/mol. The molecule has 176 valence electrons. The fraction of sp³-hybridized carbons (Fsp3) is 0.241. The summed E-state index contributed by atoms with van der Waals surface area (Å²) in [5.74, 6) is 0.